The molecule has 1 saturated heterocycles. The summed E-state index contributed by atoms with van der Waals surface area (Å²) >= 11 is 0. The fourth-order valence-corrected chi connectivity index (χ4v) is 3.67. The quantitative estimate of drug-likeness (QED) is 0.460. The van der Waals surface area contributed by atoms with Gasteiger partial charge in [0.25, 0.3) is 10.1 Å². The highest BCUT2D eigenvalue weighted by atomic mass is 32.2. The van der Waals surface area contributed by atoms with Crippen molar-refractivity contribution in [2.45, 2.75) is 24.6 Å². The highest BCUT2D eigenvalue weighted by Crippen LogP contribution is 2.27. The van der Waals surface area contributed by atoms with Crippen LogP contribution in [0.1, 0.15) is 20.7 Å². The predicted octanol–water partition coefficient (Wildman–Crippen LogP) is 1.79. The first kappa shape index (κ1) is 22.9. The SMILES string of the molecule is CO[C@H]1OC[C@H](OS(C)(=O)=O)[C@H](OC(=O)c2ccccc2)[C@H]1OC(=O)c1ccccc1. The van der Waals surface area contributed by atoms with E-state index in [-0.39, 0.29) is 17.7 Å². The van der Waals surface area contributed by atoms with Crippen LogP contribution in [0.2, 0.25) is 0 Å². The van der Waals surface area contributed by atoms with Gasteiger partial charge in [-0.1, -0.05) is 36.4 Å². The Morgan fingerprint density at radius 1 is 0.871 bits per heavy atom. The van der Waals surface area contributed by atoms with E-state index in [0.29, 0.717) is 0 Å². The van der Waals surface area contributed by atoms with Crippen molar-refractivity contribution in [1.29, 1.82) is 0 Å². The summed E-state index contributed by atoms with van der Waals surface area (Å²) in [5, 5.41) is 0. The number of methoxy groups -OCH3 is 1. The zero-order chi connectivity index (χ0) is 22.4. The average molecular weight is 450 g/mol. The fourth-order valence-electron chi connectivity index (χ4n) is 3.05. The first-order valence-corrected chi connectivity index (χ1v) is 11.1. The Balaban J connectivity index is 1.90. The van der Waals surface area contributed by atoms with E-state index < -0.39 is 46.7 Å². The molecule has 0 spiro atoms. The smallest absolute Gasteiger partial charge is 0.338 e. The highest BCUT2D eigenvalue weighted by molar-refractivity contribution is 7.86. The molecule has 0 aromatic heterocycles. The van der Waals surface area contributed by atoms with Crippen molar-refractivity contribution in [2.75, 3.05) is 20.0 Å². The molecule has 0 amide bonds. The van der Waals surface area contributed by atoms with Crippen LogP contribution >= 0.6 is 0 Å². The average Bonchev–Trinajstić information content (AvgIpc) is 2.76. The fraction of sp³-hybridized carbons (Fsp3) is 0.333. The summed E-state index contributed by atoms with van der Waals surface area (Å²) in [5.74, 6) is -1.47. The van der Waals surface area contributed by atoms with Crippen molar-refractivity contribution in [3.05, 3.63) is 71.8 Å². The molecule has 10 heteroatoms. The number of carbonyl (C=O) groups is 2. The molecule has 1 aliphatic rings. The number of carbonyl (C=O) groups excluding carboxylic acids is 2. The molecule has 2 aromatic rings. The second kappa shape index (κ2) is 10.0. The normalized spacial score (nSPS) is 23.7. The predicted molar refractivity (Wildman–Crippen MR) is 108 cm³/mol. The van der Waals surface area contributed by atoms with E-state index in [9.17, 15) is 18.0 Å². The van der Waals surface area contributed by atoms with E-state index in [2.05, 4.69) is 0 Å². The van der Waals surface area contributed by atoms with Crippen molar-refractivity contribution in [2.24, 2.45) is 0 Å². The van der Waals surface area contributed by atoms with Gasteiger partial charge in [-0.15, -0.1) is 0 Å². The van der Waals surface area contributed by atoms with Crippen LogP contribution in [0, 0.1) is 0 Å². The van der Waals surface area contributed by atoms with Crippen LogP contribution in [0.5, 0.6) is 0 Å². The van der Waals surface area contributed by atoms with Gasteiger partial charge in [-0.25, -0.2) is 9.59 Å². The molecule has 1 heterocycles. The first-order chi connectivity index (χ1) is 14.8. The minimum Gasteiger partial charge on any atom is -0.452 e. The molecule has 0 bridgehead atoms. The van der Waals surface area contributed by atoms with E-state index in [1.165, 1.54) is 19.2 Å². The molecule has 0 unspecified atom stereocenters. The molecule has 3 rings (SSSR count). The van der Waals surface area contributed by atoms with Gasteiger partial charge in [0.1, 0.15) is 6.10 Å². The Labute approximate surface area is 179 Å². The van der Waals surface area contributed by atoms with Crippen molar-refractivity contribution in [1.82, 2.24) is 0 Å². The number of hydrogen-bond donors (Lipinski definition) is 0. The molecule has 0 aliphatic carbocycles. The molecule has 0 radical (unpaired) electrons. The zero-order valence-electron chi connectivity index (χ0n) is 16.9. The Morgan fingerprint density at radius 2 is 1.35 bits per heavy atom. The van der Waals surface area contributed by atoms with Gasteiger partial charge < -0.3 is 18.9 Å². The highest BCUT2D eigenvalue weighted by Gasteiger charge is 2.48. The molecule has 4 atom stereocenters. The molecule has 31 heavy (non-hydrogen) atoms. The number of rotatable bonds is 7. The summed E-state index contributed by atoms with van der Waals surface area (Å²) in [6.45, 7) is -0.266. The number of benzene rings is 2. The summed E-state index contributed by atoms with van der Waals surface area (Å²) < 4.78 is 50.4. The Bertz CT molecular complexity index is 992. The van der Waals surface area contributed by atoms with Crippen molar-refractivity contribution < 1.29 is 41.1 Å². The summed E-state index contributed by atoms with van der Waals surface area (Å²) in [4.78, 5) is 25.3. The maximum Gasteiger partial charge on any atom is 0.338 e. The molecule has 1 fully saturated rings. The standard InChI is InChI=1S/C21H22O9S/c1-26-21-18(29-20(23)15-11-7-4-8-12-15)17(16(13-27-21)30-31(2,24)25)28-19(22)14-9-5-3-6-10-14/h3-12,16-18,21H,13H2,1-2H3/t16-,17-,18+,21-/m0/s1. The third kappa shape index (κ3) is 6.11. The van der Waals surface area contributed by atoms with E-state index in [1.54, 1.807) is 48.5 Å². The van der Waals surface area contributed by atoms with E-state index in [0.717, 1.165) is 6.26 Å². The van der Waals surface area contributed by atoms with Gasteiger partial charge in [-0.05, 0) is 24.3 Å². The van der Waals surface area contributed by atoms with Gasteiger partial charge in [0, 0.05) is 7.11 Å². The summed E-state index contributed by atoms with van der Waals surface area (Å²) in [5.41, 5.74) is 0.478. The van der Waals surface area contributed by atoms with Crippen LogP contribution < -0.4 is 0 Å². The lowest BCUT2D eigenvalue weighted by Gasteiger charge is -2.39. The van der Waals surface area contributed by atoms with E-state index in [1.807, 2.05) is 0 Å². The molecule has 0 N–H and O–H groups in total. The summed E-state index contributed by atoms with van der Waals surface area (Å²) in [7, 11) is -2.62. The molecule has 2 aromatic carbocycles. The van der Waals surface area contributed by atoms with Crippen molar-refractivity contribution in [3.63, 3.8) is 0 Å². The molecule has 1 aliphatic heterocycles. The van der Waals surface area contributed by atoms with E-state index >= 15 is 0 Å². The van der Waals surface area contributed by atoms with Crippen LogP contribution in [0.25, 0.3) is 0 Å². The van der Waals surface area contributed by atoms with Crippen molar-refractivity contribution >= 4 is 22.1 Å². The third-order valence-electron chi connectivity index (χ3n) is 4.42. The van der Waals surface area contributed by atoms with Crippen LogP contribution in [0.3, 0.4) is 0 Å². The molecule has 9 nitrogen and oxygen atoms in total. The van der Waals surface area contributed by atoms with E-state index in [4.69, 9.17) is 23.1 Å². The lowest BCUT2D eigenvalue weighted by atomic mass is 10.0. The van der Waals surface area contributed by atoms with Crippen LogP contribution in [-0.2, 0) is 33.2 Å². The summed E-state index contributed by atoms with van der Waals surface area (Å²) in [6.07, 6.45) is -4.10. The number of esters is 2. The Hall–Kier alpha value is -2.79. The number of ether oxygens (including phenoxy) is 4. The van der Waals surface area contributed by atoms with Gasteiger partial charge in [-0.2, -0.15) is 8.42 Å². The van der Waals surface area contributed by atoms with Gasteiger partial charge in [0.15, 0.2) is 18.5 Å². The molecule has 0 saturated carbocycles. The summed E-state index contributed by atoms with van der Waals surface area (Å²) in [6, 6.07) is 16.2. The van der Waals surface area contributed by atoms with Gasteiger partial charge in [0.05, 0.1) is 24.0 Å². The maximum atomic E-state index is 12.7. The van der Waals surface area contributed by atoms with Crippen LogP contribution in [0.15, 0.2) is 60.7 Å². The second-order valence-electron chi connectivity index (χ2n) is 6.75. The third-order valence-corrected chi connectivity index (χ3v) is 5.02. The molecular weight excluding hydrogens is 428 g/mol. The minimum absolute atomic E-state index is 0.231. The molecular formula is C21H22O9S. The number of hydrogen-bond acceptors (Lipinski definition) is 9. The molecule has 166 valence electrons. The van der Waals surface area contributed by atoms with Gasteiger partial charge in [0.2, 0.25) is 0 Å². The largest absolute Gasteiger partial charge is 0.452 e. The van der Waals surface area contributed by atoms with Crippen LogP contribution in [-0.4, -0.2) is 64.9 Å². The van der Waals surface area contributed by atoms with Gasteiger partial charge >= 0.3 is 11.9 Å². The lowest BCUT2D eigenvalue weighted by Crippen LogP contribution is -2.58. The van der Waals surface area contributed by atoms with Crippen molar-refractivity contribution in [3.8, 4) is 0 Å². The van der Waals surface area contributed by atoms with Gasteiger partial charge in [-0.3, -0.25) is 4.18 Å². The first-order valence-electron chi connectivity index (χ1n) is 9.33. The maximum absolute atomic E-state index is 12.7. The van der Waals surface area contributed by atoms with Crippen LogP contribution in [0.4, 0.5) is 0 Å². The topological polar surface area (TPSA) is 114 Å². The Kier molecular flexibility index (Phi) is 7.39. The second-order valence-corrected chi connectivity index (χ2v) is 8.35. The zero-order valence-corrected chi connectivity index (χ0v) is 17.7. The monoisotopic (exact) mass is 450 g/mol. The lowest BCUT2D eigenvalue weighted by molar-refractivity contribution is -0.256. The Morgan fingerprint density at radius 3 is 1.81 bits per heavy atom. The minimum atomic E-state index is -3.94.